The molecule has 2 aromatic rings. The summed E-state index contributed by atoms with van der Waals surface area (Å²) < 4.78 is 5.28. The highest BCUT2D eigenvalue weighted by Crippen LogP contribution is 2.34. The van der Waals surface area contributed by atoms with Crippen molar-refractivity contribution in [1.29, 1.82) is 0 Å². The fourth-order valence-electron chi connectivity index (χ4n) is 4.31. The van der Waals surface area contributed by atoms with Crippen LogP contribution in [0.1, 0.15) is 33.0 Å². The van der Waals surface area contributed by atoms with Gasteiger partial charge in [-0.15, -0.1) is 11.3 Å². The second kappa shape index (κ2) is 7.41. The topological polar surface area (TPSA) is 32.8 Å². The average Bonchev–Trinajstić information content (AvgIpc) is 3.27. The minimum absolute atomic E-state index is 0.144. The highest BCUT2D eigenvalue weighted by molar-refractivity contribution is 7.11. The molecule has 2 aliphatic heterocycles. The molecular weight excluding hydrogens is 344 g/mol. The summed E-state index contributed by atoms with van der Waals surface area (Å²) in [5, 5.41) is 0. The number of aryl methyl sites for hydroxylation is 1. The molecule has 4 rings (SSSR count). The number of fused-ring (bicyclic) bond motifs is 1. The Hall–Kier alpha value is -1.85. The van der Waals surface area contributed by atoms with E-state index in [0.717, 1.165) is 43.9 Å². The highest BCUT2D eigenvalue weighted by atomic mass is 32.1. The number of benzene rings is 1. The minimum Gasteiger partial charge on any atom is -0.497 e. The molecule has 5 heteroatoms. The zero-order valence-corrected chi connectivity index (χ0v) is 16.3. The molecule has 2 unspecified atom stereocenters. The van der Waals surface area contributed by atoms with E-state index in [9.17, 15) is 4.79 Å². The first-order valence-electron chi connectivity index (χ1n) is 9.37. The molecule has 1 aromatic carbocycles. The van der Waals surface area contributed by atoms with Gasteiger partial charge in [-0.2, -0.15) is 0 Å². The molecule has 2 fully saturated rings. The number of nitrogens with zero attached hydrogens (tertiary/aromatic N) is 2. The van der Waals surface area contributed by atoms with Gasteiger partial charge in [0.25, 0.3) is 5.91 Å². The zero-order valence-electron chi connectivity index (χ0n) is 15.5. The van der Waals surface area contributed by atoms with Crippen LogP contribution in [-0.2, 0) is 6.54 Å². The summed E-state index contributed by atoms with van der Waals surface area (Å²) in [5.41, 5.74) is 0.732. The number of carbonyl (C=O) groups excluding carboxylic acids is 1. The van der Waals surface area contributed by atoms with Crippen molar-refractivity contribution in [3.05, 3.63) is 51.7 Å². The van der Waals surface area contributed by atoms with E-state index in [1.54, 1.807) is 7.11 Å². The molecule has 0 spiro atoms. The van der Waals surface area contributed by atoms with Crippen LogP contribution < -0.4 is 4.74 Å². The fourth-order valence-corrected chi connectivity index (χ4v) is 5.25. The van der Waals surface area contributed by atoms with Gasteiger partial charge >= 0.3 is 0 Å². The van der Waals surface area contributed by atoms with Crippen molar-refractivity contribution in [3.63, 3.8) is 0 Å². The molecule has 2 aliphatic rings. The Bertz CT molecular complexity index is 788. The SMILES string of the molecule is COc1cccc(C(=O)N2CCC3CCN(Cc4ccc(C)s4)CC32)c1. The Labute approximate surface area is 159 Å². The lowest BCUT2D eigenvalue weighted by molar-refractivity contribution is 0.0591. The standard InChI is InChI=1S/C21H26N2O2S/c1-15-6-7-19(26-15)13-22-10-8-16-9-11-23(20(16)14-22)21(24)17-4-3-5-18(12-17)25-2/h3-7,12,16,20H,8-11,13-14H2,1-2H3. The molecule has 1 aromatic heterocycles. The van der Waals surface area contributed by atoms with Crippen LogP contribution in [0, 0.1) is 12.8 Å². The van der Waals surface area contributed by atoms with Crippen molar-refractivity contribution in [2.45, 2.75) is 32.4 Å². The maximum absolute atomic E-state index is 13.1. The molecule has 1 amide bonds. The Kier molecular flexibility index (Phi) is 5.00. The molecule has 2 atom stereocenters. The summed E-state index contributed by atoms with van der Waals surface area (Å²) in [5.74, 6) is 1.53. The van der Waals surface area contributed by atoms with Crippen molar-refractivity contribution in [2.75, 3.05) is 26.7 Å². The first kappa shape index (κ1) is 17.6. The van der Waals surface area contributed by atoms with Crippen molar-refractivity contribution < 1.29 is 9.53 Å². The van der Waals surface area contributed by atoms with E-state index in [4.69, 9.17) is 4.74 Å². The van der Waals surface area contributed by atoms with Crippen LogP contribution in [0.5, 0.6) is 5.75 Å². The van der Waals surface area contributed by atoms with Gasteiger partial charge in [0.05, 0.1) is 7.11 Å². The van der Waals surface area contributed by atoms with Gasteiger partial charge in [-0.1, -0.05) is 6.07 Å². The third kappa shape index (κ3) is 3.51. The van der Waals surface area contributed by atoms with Gasteiger partial charge < -0.3 is 9.64 Å². The molecule has 26 heavy (non-hydrogen) atoms. The molecule has 138 valence electrons. The first-order chi connectivity index (χ1) is 12.6. The lowest BCUT2D eigenvalue weighted by Gasteiger charge is -2.38. The molecule has 0 saturated carbocycles. The predicted molar refractivity (Wildman–Crippen MR) is 105 cm³/mol. The zero-order chi connectivity index (χ0) is 18.1. The van der Waals surface area contributed by atoms with Crippen LogP contribution in [0.2, 0.25) is 0 Å². The largest absolute Gasteiger partial charge is 0.497 e. The Morgan fingerprint density at radius 2 is 2.08 bits per heavy atom. The second-order valence-electron chi connectivity index (χ2n) is 7.38. The number of rotatable bonds is 4. The van der Waals surface area contributed by atoms with Gasteiger partial charge in [0, 0.05) is 41.0 Å². The molecule has 0 radical (unpaired) electrons. The number of amides is 1. The van der Waals surface area contributed by atoms with E-state index in [1.807, 2.05) is 35.6 Å². The summed E-state index contributed by atoms with van der Waals surface area (Å²) in [6.45, 7) is 6.16. The third-order valence-electron chi connectivity index (χ3n) is 5.70. The Morgan fingerprint density at radius 3 is 2.85 bits per heavy atom. The molecule has 0 bridgehead atoms. The number of hydrogen-bond acceptors (Lipinski definition) is 4. The quantitative estimate of drug-likeness (QED) is 0.821. The van der Waals surface area contributed by atoms with Crippen LogP contribution in [0.25, 0.3) is 0 Å². The average molecular weight is 371 g/mol. The second-order valence-corrected chi connectivity index (χ2v) is 8.76. The maximum Gasteiger partial charge on any atom is 0.254 e. The summed E-state index contributed by atoms with van der Waals surface area (Å²) in [6, 6.07) is 12.3. The normalized spacial score (nSPS) is 23.1. The number of ether oxygens (including phenoxy) is 1. The minimum atomic E-state index is 0.144. The number of hydrogen-bond donors (Lipinski definition) is 0. The fraction of sp³-hybridized carbons (Fsp3) is 0.476. The van der Waals surface area contributed by atoms with E-state index in [-0.39, 0.29) is 5.91 Å². The number of carbonyl (C=O) groups is 1. The Morgan fingerprint density at radius 1 is 1.23 bits per heavy atom. The molecule has 2 saturated heterocycles. The van der Waals surface area contributed by atoms with Crippen LogP contribution in [0.4, 0.5) is 0 Å². The first-order valence-corrected chi connectivity index (χ1v) is 10.2. The third-order valence-corrected chi connectivity index (χ3v) is 6.69. The summed E-state index contributed by atoms with van der Waals surface area (Å²) >= 11 is 1.88. The van der Waals surface area contributed by atoms with Gasteiger partial charge in [0.15, 0.2) is 0 Å². The van der Waals surface area contributed by atoms with E-state index in [2.05, 4.69) is 28.9 Å². The predicted octanol–water partition coefficient (Wildman–Crippen LogP) is 3.80. The highest BCUT2D eigenvalue weighted by Gasteiger charge is 2.40. The molecule has 0 N–H and O–H groups in total. The van der Waals surface area contributed by atoms with Crippen molar-refractivity contribution in [2.24, 2.45) is 5.92 Å². The number of methoxy groups -OCH3 is 1. The van der Waals surface area contributed by atoms with Crippen molar-refractivity contribution in [1.82, 2.24) is 9.80 Å². The number of thiophene rings is 1. The molecular formula is C21H26N2O2S. The van der Waals surface area contributed by atoms with E-state index < -0.39 is 0 Å². The summed E-state index contributed by atoms with van der Waals surface area (Å²) in [4.78, 5) is 20.5. The molecule has 4 nitrogen and oxygen atoms in total. The van der Waals surface area contributed by atoms with Gasteiger partial charge in [0.1, 0.15) is 5.75 Å². The maximum atomic E-state index is 13.1. The van der Waals surface area contributed by atoms with Gasteiger partial charge in [-0.3, -0.25) is 9.69 Å². The summed E-state index contributed by atoms with van der Waals surface area (Å²) in [7, 11) is 1.64. The molecule has 3 heterocycles. The van der Waals surface area contributed by atoms with Gasteiger partial charge in [0.2, 0.25) is 0 Å². The Balaban J connectivity index is 1.47. The monoisotopic (exact) mass is 370 g/mol. The number of likely N-dealkylation sites (tertiary alicyclic amines) is 2. The van der Waals surface area contributed by atoms with Crippen LogP contribution >= 0.6 is 11.3 Å². The van der Waals surface area contributed by atoms with Crippen LogP contribution in [0.3, 0.4) is 0 Å². The van der Waals surface area contributed by atoms with Crippen LogP contribution in [0.15, 0.2) is 36.4 Å². The van der Waals surface area contributed by atoms with E-state index in [0.29, 0.717) is 12.0 Å². The van der Waals surface area contributed by atoms with E-state index in [1.165, 1.54) is 16.2 Å². The smallest absolute Gasteiger partial charge is 0.254 e. The lowest BCUT2D eigenvalue weighted by Crippen LogP contribution is -2.49. The van der Waals surface area contributed by atoms with Crippen LogP contribution in [-0.4, -0.2) is 48.5 Å². The molecule has 0 aliphatic carbocycles. The van der Waals surface area contributed by atoms with Gasteiger partial charge in [-0.25, -0.2) is 0 Å². The summed E-state index contributed by atoms with van der Waals surface area (Å²) in [6.07, 6.45) is 2.32. The lowest BCUT2D eigenvalue weighted by atomic mass is 9.92. The van der Waals surface area contributed by atoms with E-state index >= 15 is 0 Å². The number of piperidine rings is 1. The van der Waals surface area contributed by atoms with Gasteiger partial charge in [-0.05, 0) is 62.6 Å². The van der Waals surface area contributed by atoms with Crippen molar-refractivity contribution in [3.8, 4) is 5.75 Å². The van der Waals surface area contributed by atoms with Crippen molar-refractivity contribution >= 4 is 17.2 Å².